The fraction of sp³-hybridized carbons (Fsp3) is 0.611. The van der Waals surface area contributed by atoms with E-state index in [1.54, 1.807) is 23.6 Å². The van der Waals surface area contributed by atoms with Crippen molar-refractivity contribution in [3.8, 4) is 11.4 Å². The van der Waals surface area contributed by atoms with Gasteiger partial charge in [0.15, 0.2) is 0 Å². The molecule has 3 rings (SSSR count). The normalized spacial score (nSPS) is 18.4. The molecule has 0 N–H and O–H groups in total. The number of ether oxygens (including phenoxy) is 2. The van der Waals surface area contributed by atoms with E-state index >= 15 is 0 Å². The van der Waals surface area contributed by atoms with Gasteiger partial charge in [-0.2, -0.15) is 4.68 Å². The van der Waals surface area contributed by atoms with Crippen LogP contribution in [0.3, 0.4) is 0 Å². The molecule has 142 valence electrons. The highest BCUT2D eigenvalue weighted by molar-refractivity contribution is 7.99. The lowest BCUT2D eigenvalue weighted by Gasteiger charge is -2.33. The standard InChI is InChI=1S/C18H27N5O2S/c1-13(2)10-22-7-8-25-15(11-22)12-26-18-19-20-21-23(18)16-9-14(3)5-6-17(16)24-4/h5-6,9,13,15H,7-8,10-12H2,1-4H3/t15-/m0/s1. The summed E-state index contributed by atoms with van der Waals surface area (Å²) in [6.45, 7) is 10.4. The fourth-order valence-corrected chi connectivity index (χ4v) is 4.00. The van der Waals surface area contributed by atoms with E-state index < -0.39 is 0 Å². The third-order valence-corrected chi connectivity index (χ3v) is 5.30. The summed E-state index contributed by atoms with van der Waals surface area (Å²) in [6, 6.07) is 5.98. The topological polar surface area (TPSA) is 65.3 Å². The summed E-state index contributed by atoms with van der Waals surface area (Å²) in [5.41, 5.74) is 1.98. The molecule has 26 heavy (non-hydrogen) atoms. The smallest absolute Gasteiger partial charge is 0.214 e. The molecule has 1 fully saturated rings. The highest BCUT2D eigenvalue weighted by Gasteiger charge is 2.22. The average molecular weight is 378 g/mol. The fourth-order valence-electron chi connectivity index (χ4n) is 3.12. The average Bonchev–Trinajstić information content (AvgIpc) is 3.08. The summed E-state index contributed by atoms with van der Waals surface area (Å²) in [6.07, 6.45) is 0.192. The summed E-state index contributed by atoms with van der Waals surface area (Å²) in [7, 11) is 1.66. The van der Waals surface area contributed by atoms with Crippen molar-refractivity contribution in [1.29, 1.82) is 0 Å². The van der Waals surface area contributed by atoms with Crippen molar-refractivity contribution in [1.82, 2.24) is 25.1 Å². The summed E-state index contributed by atoms with van der Waals surface area (Å²) < 4.78 is 13.1. The summed E-state index contributed by atoms with van der Waals surface area (Å²) in [5.74, 6) is 2.24. The van der Waals surface area contributed by atoms with Crippen LogP contribution in [0.15, 0.2) is 23.4 Å². The van der Waals surface area contributed by atoms with Crippen molar-refractivity contribution >= 4 is 11.8 Å². The molecule has 1 atom stereocenters. The largest absolute Gasteiger partial charge is 0.494 e. The van der Waals surface area contributed by atoms with E-state index in [2.05, 4.69) is 34.3 Å². The molecule has 0 unspecified atom stereocenters. The first kappa shape index (κ1) is 19.1. The van der Waals surface area contributed by atoms with Crippen LogP contribution < -0.4 is 4.74 Å². The van der Waals surface area contributed by atoms with Gasteiger partial charge in [0.25, 0.3) is 0 Å². The van der Waals surface area contributed by atoms with E-state index in [4.69, 9.17) is 9.47 Å². The molecule has 2 aromatic rings. The van der Waals surface area contributed by atoms with Gasteiger partial charge in [-0.25, -0.2) is 0 Å². The molecule has 0 saturated carbocycles. The Hall–Kier alpha value is -1.64. The molecule has 1 saturated heterocycles. The van der Waals surface area contributed by atoms with E-state index in [1.807, 2.05) is 25.1 Å². The number of tetrazole rings is 1. The number of nitrogens with zero attached hydrogens (tertiary/aromatic N) is 5. The van der Waals surface area contributed by atoms with Gasteiger partial charge in [0.2, 0.25) is 5.16 Å². The lowest BCUT2D eigenvalue weighted by atomic mass is 10.2. The third-order valence-electron chi connectivity index (χ3n) is 4.25. The van der Waals surface area contributed by atoms with Gasteiger partial charge in [0.05, 0.1) is 19.8 Å². The number of thioether (sulfide) groups is 1. The van der Waals surface area contributed by atoms with Crippen LogP contribution in [-0.4, -0.2) is 70.3 Å². The number of rotatable bonds is 7. The predicted molar refractivity (Wildman–Crippen MR) is 102 cm³/mol. The highest BCUT2D eigenvalue weighted by Crippen LogP contribution is 2.27. The van der Waals surface area contributed by atoms with Crippen molar-refractivity contribution in [3.05, 3.63) is 23.8 Å². The van der Waals surface area contributed by atoms with Gasteiger partial charge >= 0.3 is 0 Å². The van der Waals surface area contributed by atoms with Crippen molar-refractivity contribution in [2.45, 2.75) is 32.0 Å². The number of hydrogen-bond acceptors (Lipinski definition) is 7. The Balaban J connectivity index is 1.67. The monoisotopic (exact) mass is 377 g/mol. The Morgan fingerprint density at radius 2 is 2.23 bits per heavy atom. The molecule has 2 heterocycles. The quantitative estimate of drug-likeness (QED) is 0.687. The number of morpholine rings is 1. The molecule has 1 aliphatic rings. The molecule has 0 bridgehead atoms. The van der Waals surface area contributed by atoms with Gasteiger partial charge in [0, 0.05) is 25.4 Å². The molecule has 0 radical (unpaired) electrons. The van der Waals surface area contributed by atoms with Crippen LogP contribution in [-0.2, 0) is 4.74 Å². The Bertz CT molecular complexity index is 721. The van der Waals surface area contributed by atoms with Crippen molar-refractivity contribution in [2.75, 3.05) is 39.1 Å². The van der Waals surface area contributed by atoms with Crippen LogP contribution in [0.5, 0.6) is 5.75 Å². The van der Waals surface area contributed by atoms with E-state index in [0.717, 1.165) is 54.2 Å². The van der Waals surface area contributed by atoms with Crippen molar-refractivity contribution in [2.24, 2.45) is 5.92 Å². The first-order valence-corrected chi connectivity index (χ1v) is 9.95. The van der Waals surface area contributed by atoms with Crippen LogP contribution in [0, 0.1) is 12.8 Å². The van der Waals surface area contributed by atoms with Gasteiger partial charge in [-0.15, -0.1) is 5.10 Å². The second kappa shape index (κ2) is 8.83. The molecule has 8 heteroatoms. The van der Waals surface area contributed by atoms with E-state index in [0.29, 0.717) is 5.92 Å². The molecule has 7 nitrogen and oxygen atoms in total. The zero-order valence-corrected chi connectivity index (χ0v) is 16.7. The minimum atomic E-state index is 0.192. The van der Waals surface area contributed by atoms with E-state index in [-0.39, 0.29) is 6.10 Å². The van der Waals surface area contributed by atoms with Crippen LogP contribution >= 0.6 is 11.8 Å². The van der Waals surface area contributed by atoms with E-state index in [1.165, 1.54) is 0 Å². The molecule has 1 aromatic carbocycles. The van der Waals surface area contributed by atoms with Gasteiger partial charge in [-0.3, -0.25) is 4.90 Å². The van der Waals surface area contributed by atoms with Crippen molar-refractivity contribution < 1.29 is 9.47 Å². The minimum absolute atomic E-state index is 0.192. The Morgan fingerprint density at radius 1 is 1.38 bits per heavy atom. The van der Waals surface area contributed by atoms with Crippen LogP contribution in [0.4, 0.5) is 0 Å². The van der Waals surface area contributed by atoms with Crippen LogP contribution in [0.1, 0.15) is 19.4 Å². The summed E-state index contributed by atoms with van der Waals surface area (Å²) in [5, 5.41) is 13.0. The molecule has 0 aliphatic carbocycles. The SMILES string of the molecule is COc1ccc(C)cc1-n1nnnc1SC[C@@H]1CN(CC(C)C)CCO1. The first-order valence-electron chi connectivity index (χ1n) is 8.97. The molecule has 1 aliphatic heterocycles. The van der Waals surface area contributed by atoms with Crippen LogP contribution in [0.2, 0.25) is 0 Å². The molecular weight excluding hydrogens is 350 g/mol. The zero-order chi connectivity index (χ0) is 18.5. The maximum absolute atomic E-state index is 5.93. The Labute approximate surface area is 159 Å². The highest BCUT2D eigenvalue weighted by atomic mass is 32.2. The zero-order valence-electron chi connectivity index (χ0n) is 15.9. The van der Waals surface area contributed by atoms with Gasteiger partial charge in [-0.1, -0.05) is 31.7 Å². The van der Waals surface area contributed by atoms with Crippen molar-refractivity contribution in [3.63, 3.8) is 0 Å². The lowest BCUT2D eigenvalue weighted by molar-refractivity contribution is -0.0191. The minimum Gasteiger partial charge on any atom is -0.494 e. The summed E-state index contributed by atoms with van der Waals surface area (Å²) >= 11 is 1.62. The third kappa shape index (κ3) is 4.75. The Morgan fingerprint density at radius 3 is 3.00 bits per heavy atom. The molecule has 1 aromatic heterocycles. The number of aromatic nitrogens is 4. The first-order chi connectivity index (χ1) is 12.6. The van der Waals surface area contributed by atoms with E-state index in [9.17, 15) is 0 Å². The predicted octanol–water partition coefficient (Wildman–Crippen LogP) is 2.43. The maximum atomic E-state index is 5.93. The molecule has 0 spiro atoms. The molecule has 0 amide bonds. The molecular formula is C18H27N5O2S. The van der Waals surface area contributed by atoms with Gasteiger partial charge in [-0.05, 0) is 41.0 Å². The Kier molecular flexibility index (Phi) is 6.50. The van der Waals surface area contributed by atoms with Gasteiger partial charge < -0.3 is 9.47 Å². The van der Waals surface area contributed by atoms with Crippen LogP contribution in [0.25, 0.3) is 5.69 Å². The number of benzene rings is 1. The maximum Gasteiger partial charge on any atom is 0.214 e. The number of hydrogen-bond donors (Lipinski definition) is 0. The number of aryl methyl sites for hydroxylation is 1. The second-order valence-electron chi connectivity index (χ2n) is 7.01. The lowest BCUT2D eigenvalue weighted by Crippen LogP contribution is -2.44. The second-order valence-corrected chi connectivity index (χ2v) is 7.99. The number of methoxy groups -OCH3 is 1. The van der Waals surface area contributed by atoms with Gasteiger partial charge in [0.1, 0.15) is 11.4 Å². The summed E-state index contributed by atoms with van der Waals surface area (Å²) in [4.78, 5) is 2.48.